The van der Waals surface area contributed by atoms with Gasteiger partial charge in [-0.2, -0.15) is 0 Å². The molecule has 0 atom stereocenters. The first-order valence-corrected chi connectivity index (χ1v) is 10.9. The number of amidine groups is 1. The summed E-state index contributed by atoms with van der Waals surface area (Å²) in [7, 11) is 1.53. The van der Waals surface area contributed by atoms with E-state index in [0.717, 1.165) is 11.3 Å². The molecule has 0 aliphatic heterocycles. The topological polar surface area (TPSA) is 131 Å². The number of carbonyl (C=O) groups excluding carboxylic acids is 1. The van der Waals surface area contributed by atoms with Crippen LogP contribution >= 0.6 is 11.6 Å². The standard InChI is InChI=1S/C25H26ClN7O/c1-16-6-5-9-24(32-16)33-21(13-23(28)31-15-18-7-3-4-8-20(18)26)17-10-11-30-22(12-17)19(14-27)25(34)29-2/h3-14H,15,27H2,1-2H3,(H2,28,31)(H,29,34)(H,32,33)/b19-14?,21-13-. The zero-order valence-electron chi connectivity index (χ0n) is 18.9. The summed E-state index contributed by atoms with van der Waals surface area (Å²) in [6, 6.07) is 16.6. The highest BCUT2D eigenvalue weighted by Gasteiger charge is 2.14. The van der Waals surface area contributed by atoms with E-state index < -0.39 is 0 Å². The molecule has 0 aliphatic carbocycles. The molecule has 3 rings (SSSR count). The summed E-state index contributed by atoms with van der Waals surface area (Å²) in [4.78, 5) is 25.4. The molecule has 6 N–H and O–H groups in total. The second kappa shape index (κ2) is 11.6. The molecule has 0 spiro atoms. The predicted molar refractivity (Wildman–Crippen MR) is 138 cm³/mol. The number of aromatic nitrogens is 2. The van der Waals surface area contributed by atoms with Gasteiger partial charge in [0.05, 0.1) is 23.5 Å². The third-order valence-corrected chi connectivity index (χ3v) is 5.19. The number of nitrogens with zero attached hydrogens (tertiary/aromatic N) is 3. The fourth-order valence-corrected chi connectivity index (χ4v) is 3.29. The van der Waals surface area contributed by atoms with Crippen molar-refractivity contribution >= 4 is 40.4 Å². The van der Waals surface area contributed by atoms with Gasteiger partial charge in [-0.05, 0) is 42.8 Å². The van der Waals surface area contributed by atoms with E-state index in [1.165, 1.54) is 13.2 Å². The molecule has 0 fully saturated rings. The maximum atomic E-state index is 12.2. The number of likely N-dealkylation sites (N-methyl/N-ethyl adjacent to an activating group) is 1. The molecule has 2 aromatic heterocycles. The van der Waals surface area contributed by atoms with Crippen molar-refractivity contribution in [2.45, 2.75) is 13.5 Å². The normalized spacial score (nSPS) is 12.4. The van der Waals surface area contributed by atoms with Crippen molar-refractivity contribution in [3.8, 4) is 0 Å². The molecule has 2 heterocycles. The maximum Gasteiger partial charge on any atom is 0.254 e. The lowest BCUT2D eigenvalue weighted by molar-refractivity contribution is -0.115. The number of aryl methyl sites for hydroxylation is 1. The lowest BCUT2D eigenvalue weighted by Gasteiger charge is -2.13. The first-order valence-electron chi connectivity index (χ1n) is 10.5. The zero-order valence-corrected chi connectivity index (χ0v) is 19.7. The second-order valence-electron chi connectivity index (χ2n) is 7.27. The van der Waals surface area contributed by atoms with Gasteiger partial charge in [-0.1, -0.05) is 35.9 Å². The van der Waals surface area contributed by atoms with Crippen molar-refractivity contribution in [1.29, 1.82) is 0 Å². The van der Waals surface area contributed by atoms with E-state index in [0.29, 0.717) is 34.3 Å². The molecule has 174 valence electrons. The Morgan fingerprint density at radius 1 is 1.18 bits per heavy atom. The van der Waals surface area contributed by atoms with Crippen molar-refractivity contribution in [3.05, 3.63) is 101 Å². The van der Waals surface area contributed by atoms with E-state index in [2.05, 4.69) is 25.6 Å². The van der Waals surface area contributed by atoms with Crippen LogP contribution in [0, 0.1) is 6.92 Å². The summed E-state index contributed by atoms with van der Waals surface area (Å²) < 4.78 is 0. The zero-order chi connectivity index (χ0) is 24.5. The van der Waals surface area contributed by atoms with Gasteiger partial charge in [0.2, 0.25) is 0 Å². The molecule has 0 radical (unpaired) electrons. The Bertz CT molecular complexity index is 1270. The van der Waals surface area contributed by atoms with Gasteiger partial charge in [-0.25, -0.2) is 4.98 Å². The lowest BCUT2D eigenvalue weighted by atomic mass is 10.1. The fraction of sp³-hybridized carbons (Fsp3) is 0.120. The summed E-state index contributed by atoms with van der Waals surface area (Å²) in [5.41, 5.74) is 15.6. The van der Waals surface area contributed by atoms with E-state index in [1.807, 2.05) is 49.4 Å². The van der Waals surface area contributed by atoms with Crippen molar-refractivity contribution < 1.29 is 4.79 Å². The minimum atomic E-state index is -0.341. The van der Waals surface area contributed by atoms with Crippen LogP contribution in [0.2, 0.25) is 5.02 Å². The minimum absolute atomic E-state index is 0.248. The van der Waals surface area contributed by atoms with Gasteiger partial charge in [0, 0.05) is 41.8 Å². The van der Waals surface area contributed by atoms with Crippen LogP contribution in [0.3, 0.4) is 0 Å². The number of hydrogen-bond donors (Lipinski definition) is 4. The number of nitrogens with one attached hydrogen (secondary N) is 2. The second-order valence-corrected chi connectivity index (χ2v) is 7.68. The van der Waals surface area contributed by atoms with Crippen molar-refractivity contribution in [1.82, 2.24) is 15.3 Å². The molecule has 0 aliphatic rings. The Balaban J connectivity index is 2.00. The van der Waals surface area contributed by atoms with Crippen LogP contribution in [0.4, 0.5) is 5.82 Å². The van der Waals surface area contributed by atoms with Crippen LogP contribution < -0.4 is 22.1 Å². The van der Waals surface area contributed by atoms with Crippen LogP contribution in [0.5, 0.6) is 0 Å². The first kappa shape index (κ1) is 24.5. The Morgan fingerprint density at radius 3 is 2.68 bits per heavy atom. The minimum Gasteiger partial charge on any atom is -0.404 e. The SMILES string of the molecule is CNC(=O)C(=CN)c1cc(/C(=C/C(N)=NCc2ccccc2Cl)Nc2cccc(C)n2)ccn1. The number of hydrogen-bond acceptors (Lipinski definition) is 6. The van der Waals surface area contributed by atoms with Crippen molar-refractivity contribution in [2.75, 3.05) is 12.4 Å². The number of pyridine rings is 2. The number of rotatable bonds is 8. The van der Waals surface area contributed by atoms with Gasteiger partial charge in [-0.3, -0.25) is 14.8 Å². The van der Waals surface area contributed by atoms with Gasteiger partial charge >= 0.3 is 0 Å². The summed E-state index contributed by atoms with van der Waals surface area (Å²) in [6.45, 7) is 2.23. The summed E-state index contributed by atoms with van der Waals surface area (Å²) >= 11 is 6.23. The molecule has 8 nitrogen and oxygen atoms in total. The highest BCUT2D eigenvalue weighted by Crippen LogP contribution is 2.21. The van der Waals surface area contributed by atoms with Crippen LogP contribution in [-0.4, -0.2) is 28.8 Å². The van der Waals surface area contributed by atoms with E-state index in [1.54, 1.807) is 24.4 Å². The number of nitrogens with two attached hydrogens (primary N) is 2. The van der Waals surface area contributed by atoms with Crippen LogP contribution in [0.1, 0.15) is 22.5 Å². The molecule has 0 unspecified atom stereocenters. The van der Waals surface area contributed by atoms with E-state index >= 15 is 0 Å². The highest BCUT2D eigenvalue weighted by atomic mass is 35.5. The van der Waals surface area contributed by atoms with Crippen LogP contribution in [-0.2, 0) is 11.3 Å². The van der Waals surface area contributed by atoms with Gasteiger partial charge in [0.25, 0.3) is 5.91 Å². The smallest absolute Gasteiger partial charge is 0.254 e. The Labute approximate surface area is 203 Å². The number of aliphatic imine (C=N–C) groups is 1. The van der Waals surface area contributed by atoms with E-state index in [4.69, 9.17) is 23.1 Å². The van der Waals surface area contributed by atoms with Gasteiger partial charge < -0.3 is 22.1 Å². The predicted octanol–water partition coefficient (Wildman–Crippen LogP) is 3.49. The number of halogens is 1. The average Bonchev–Trinajstić information content (AvgIpc) is 2.83. The average molecular weight is 476 g/mol. The number of amides is 1. The summed E-state index contributed by atoms with van der Waals surface area (Å²) in [6.07, 6.45) is 4.52. The van der Waals surface area contributed by atoms with Gasteiger partial charge in [0.1, 0.15) is 11.7 Å². The molecule has 0 saturated heterocycles. The third kappa shape index (κ3) is 6.43. The monoisotopic (exact) mass is 475 g/mol. The van der Waals surface area contributed by atoms with Crippen molar-refractivity contribution in [2.24, 2.45) is 16.5 Å². The molecule has 0 bridgehead atoms. The molecular weight excluding hydrogens is 450 g/mol. The van der Waals surface area contributed by atoms with E-state index in [9.17, 15) is 4.79 Å². The van der Waals surface area contributed by atoms with Gasteiger partial charge in [-0.15, -0.1) is 0 Å². The molecule has 9 heteroatoms. The molecule has 1 aromatic carbocycles. The van der Waals surface area contributed by atoms with Gasteiger partial charge in [0.15, 0.2) is 0 Å². The molecule has 0 saturated carbocycles. The molecule has 1 amide bonds. The Hall–Kier alpha value is -4.17. The highest BCUT2D eigenvalue weighted by molar-refractivity contribution is 6.31. The third-order valence-electron chi connectivity index (χ3n) is 4.82. The number of anilines is 1. The number of carbonyl (C=O) groups is 1. The first-order chi connectivity index (χ1) is 16.4. The Kier molecular flexibility index (Phi) is 8.37. The summed E-state index contributed by atoms with van der Waals surface area (Å²) in [5, 5.41) is 6.47. The largest absolute Gasteiger partial charge is 0.404 e. The molecule has 34 heavy (non-hydrogen) atoms. The lowest BCUT2D eigenvalue weighted by Crippen LogP contribution is -2.20. The maximum absolute atomic E-state index is 12.2. The van der Waals surface area contributed by atoms with Crippen LogP contribution in [0.15, 0.2) is 78.1 Å². The molecule has 3 aromatic rings. The van der Waals surface area contributed by atoms with Crippen LogP contribution in [0.25, 0.3) is 11.3 Å². The van der Waals surface area contributed by atoms with E-state index in [-0.39, 0.29) is 17.3 Å². The number of benzene rings is 1. The fourth-order valence-electron chi connectivity index (χ4n) is 3.10. The summed E-state index contributed by atoms with van der Waals surface area (Å²) in [5.74, 6) is 0.575. The van der Waals surface area contributed by atoms with Crippen molar-refractivity contribution in [3.63, 3.8) is 0 Å². The quantitative estimate of drug-likeness (QED) is 0.224. The molecular formula is C25H26ClN7O. The Morgan fingerprint density at radius 2 is 1.97 bits per heavy atom.